The lowest BCUT2D eigenvalue weighted by Crippen LogP contribution is -2.47. The Morgan fingerprint density at radius 3 is 2.39 bits per heavy atom. The van der Waals surface area contributed by atoms with Crippen LogP contribution in [0.3, 0.4) is 0 Å². The first kappa shape index (κ1) is 13.1. The molecule has 0 spiro atoms. The molecule has 2 atom stereocenters. The lowest BCUT2D eigenvalue weighted by Gasteiger charge is -2.39. The van der Waals surface area contributed by atoms with E-state index in [1.165, 1.54) is 12.0 Å². The normalized spacial score (nSPS) is 24.0. The molecule has 1 aromatic carbocycles. The molecule has 0 saturated carbocycles. The number of likely N-dealkylation sites (tertiary alicyclic amines) is 1. The van der Waals surface area contributed by atoms with Crippen LogP contribution in [0.2, 0.25) is 0 Å². The second kappa shape index (κ2) is 6.03. The molecule has 0 N–H and O–H groups in total. The van der Waals surface area contributed by atoms with Crippen molar-refractivity contribution >= 4 is 5.91 Å². The first-order valence-electron chi connectivity index (χ1n) is 7.03. The molecule has 1 saturated heterocycles. The van der Waals surface area contributed by atoms with Gasteiger partial charge in [-0.3, -0.25) is 4.79 Å². The van der Waals surface area contributed by atoms with Gasteiger partial charge in [-0.2, -0.15) is 0 Å². The third-order valence-electron chi connectivity index (χ3n) is 3.95. The average Bonchev–Trinajstić information content (AvgIpc) is 2.37. The first-order valence-corrected chi connectivity index (χ1v) is 7.03. The number of carbonyl (C=O) groups is 1. The third-order valence-corrected chi connectivity index (χ3v) is 3.95. The summed E-state index contributed by atoms with van der Waals surface area (Å²) in [6, 6.07) is 11.1. The lowest BCUT2D eigenvalue weighted by molar-refractivity contribution is -0.137. The van der Waals surface area contributed by atoms with E-state index in [0.29, 0.717) is 24.4 Å². The Hall–Kier alpha value is -1.31. The van der Waals surface area contributed by atoms with Gasteiger partial charge < -0.3 is 4.90 Å². The standard InChI is InChI=1S/C16H23NO/c1-13-7-6-8-14(2)17(13)16(18)12-11-15-9-4-3-5-10-15/h3-5,9-10,13-14H,6-8,11-12H2,1-2H3. The van der Waals surface area contributed by atoms with E-state index in [1.807, 2.05) is 18.2 Å². The number of nitrogens with zero attached hydrogens (tertiary/aromatic N) is 1. The van der Waals surface area contributed by atoms with E-state index in [2.05, 4.69) is 30.9 Å². The zero-order valence-electron chi connectivity index (χ0n) is 11.4. The van der Waals surface area contributed by atoms with Gasteiger partial charge in [-0.05, 0) is 45.1 Å². The predicted molar refractivity (Wildman–Crippen MR) is 74.4 cm³/mol. The molecule has 2 unspecified atom stereocenters. The predicted octanol–water partition coefficient (Wildman–Crippen LogP) is 3.41. The monoisotopic (exact) mass is 245 g/mol. The SMILES string of the molecule is CC1CCCC(C)N1C(=O)CCc1ccccc1. The molecule has 0 aromatic heterocycles. The van der Waals surface area contributed by atoms with Gasteiger partial charge in [-0.25, -0.2) is 0 Å². The van der Waals surface area contributed by atoms with Gasteiger partial charge in [0, 0.05) is 18.5 Å². The van der Waals surface area contributed by atoms with Gasteiger partial charge in [0.15, 0.2) is 0 Å². The van der Waals surface area contributed by atoms with E-state index in [9.17, 15) is 4.79 Å². The Bertz CT molecular complexity index is 377. The highest BCUT2D eigenvalue weighted by Crippen LogP contribution is 2.23. The molecular weight excluding hydrogens is 222 g/mol. The quantitative estimate of drug-likeness (QED) is 0.799. The first-order chi connectivity index (χ1) is 8.68. The van der Waals surface area contributed by atoms with E-state index >= 15 is 0 Å². The summed E-state index contributed by atoms with van der Waals surface area (Å²) in [6.45, 7) is 4.35. The molecule has 1 aliphatic rings. The molecule has 0 bridgehead atoms. The Kier molecular flexibility index (Phi) is 4.40. The summed E-state index contributed by atoms with van der Waals surface area (Å²) < 4.78 is 0. The van der Waals surface area contributed by atoms with E-state index in [0.717, 1.165) is 19.3 Å². The molecule has 2 rings (SSSR count). The van der Waals surface area contributed by atoms with Crippen LogP contribution in [-0.4, -0.2) is 22.9 Å². The molecule has 1 amide bonds. The fourth-order valence-electron chi connectivity index (χ4n) is 2.94. The fraction of sp³-hybridized carbons (Fsp3) is 0.562. The van der Waals surface area contributed by atoms with Crippen LogP contribution in [0.25, 0.3) is 0 Å². The van der Waals surface area contributed by atoms with Crippen molar-refractivity contribution in [3.63, 3.8) is 0 Å². The maximum absolute atomic E-state index is 12.3. The number of rotatable bonds is 3. The zero-order valence-corrected chi connectivity index (χ0v) is 11.4. The van der Waals surface area contributed by atoms with E-state index in [-0.39, 0.29) is 0 Å². The topological polar surface area (TPSA) is 20.3 Å². The summed E-state index contributed by atoms with van der Waals surface area (Å²) >= 11 is 0. The van der Waals surface area contributed by atoms with Crippen molar-refractivity contribution in [3.8, 4) is 0 Å². The second-order valence-electron chi connectivity index (χ2n) is 5.42. The largest absolute Gasteiger partial charge is 0.337 e. The summed E-state index contributed by atoms with van der Waals surface area (Å²) in [5, 5.41) is 0. The summed E-state index contributed by atoms with van der Waals surface area (Å²) in [4.78, 5) is 14.4. The third kappa shape index (κ3) is 3.12. The highest BCUT2D eigenvalue weighted by molar-refractivity contribution is 5.77. The number of aryl methyl sites for hydroxylation is 1. The Labute approximate surface area is 110 Å². The van der Waals surface area contributed by atoms with Gasteiger partial charge in [0.05, 0.1) is 0 Å². The van der Waals surface area contributed by atoms with Crippen molar-refractivity contribution in [2.24, 2.45) is 0 Å². The van der Waals surface area contributed by atoms with Gasteiger partial charge in [0.1, 0.15) is 0 Å². The van der Waals surface area contributed by atoms with Crippen LogP contribution in [0.5, 0.6) is 0 Å². The minimum absolute atomic E-state index is 0.318. The van der Waals surface area contributed by atoms with E-state index < -0.39 is 0 Å². The van der Waals surface area contributed by atoms with Crippen molar-refractivity contribution in [1.29, 1.82) is 0 Å². The minimum Gasteiger partial charge on any atom is -0.337 e. The van der Waals surface area contributed by atoms with Gasteiger partial charge in [-0.15, -0.1) is 0 Å². The molecule has 98 valence electrons. The van der Waals surface area contributed by atoms with Crippen molar-refractivity contribution in [2.75, 3.05) is 0 Å². The smallest absolute Gasteiger partial charge is 0.223 e. The van der Waals surface area contributed by atoms with Crippen molar-refractivity contribution in [2.45, 2.75) is 58.0 Å². The van der Waals surface area contributed by atoms with Gasteiger partial charge in [0.25, 0.3) is 0 Å². The molecule has 2 heteroatoms. The fourth-order valence-corrected chi connectivity index (χ4v) is 2.94. The zero-order chi connectivity index (χ0) is 13.0. The highest BCUT2D eigenvalue weighted by Gasteiger charge is 2.28. The maximum atomic E-state index is 12.3. The average molecular weight is 245 g/mol. The van der Waals surface area contributed by atoms with Gasteiger partial charge in [0.2, 0.25) is 5.91 Å². The van der Waals surface area contributed by atoms with Crippen LogP contribution in [0.4, 0.5) is 0 Å². The Morgan fingerprint density at radius 2 is 1.78 bits per heavy atom. The van der Waals surface area contributed by atoms with Crippen LogP contribution in [-0.2, 0) is 11.2 Å². The van der Waals surface area contributed by atoms with Crippen molar-refractivity contribution < 1.29 is 4.79 Å². The summed E-state index contributed by atoms with van der Waals surface area (Å²) in [5.41, 5.74) is 1.25. The van der Waals surface area contributed by atoms with E-state index in [4.69, 9.17) is 0 Å². The highest BCUT2D eigenvalue weighted by atomic mass is 16.2. The number of benzene rings is 1. The van der Waals surface area contributed by atoms with Gasteiger partial charge >= 0.3 is 0 Å². The molecule has 1 heterocycles. The van der Waals surface area contributed by atoms with Crippen LogP contribution >= 0.6 is 0 Å². The second-order valence-corrected chi connectivity index (χ2v) is 5.42. The molecule has 1 aliphatic heterocycles. The van der Waals surface area contributed by atoms with Crippen LogP contribution < -0.4 is 0 Å². The van der Waals surface area contributed by atoms with Crippen LogP contribution in [0, 0.1) is 0 Å². The van der Waals surface area contributed by atoms with Crippen molar-refractivity contribution in [1.82, 2.24) is 4.90 Å². The summed E-state index contributed by atoms with van der Waals surface area (Å²) in [6.07, 6.45) is 5.06. The Morgan fingerprint density at radius 1 is 1.17 bits per heavy atom. The molecule has 1 aromatic rings. The number of hydrogen-bond donors (Lipinski definition) is 0. The molecular formula is C16H23NO. The molecule has 2 nitrogen and oxygen atoms in total. The van der Waals surface area contributed by atoms with Crippen LogP contribution in [0.1, 0.15) is 45.1 Å². The molecule has 0 radical (unpaired) electrons. The van der Waals surface area contributed by atoms with Gasteiger partial charge in [-0.1, -0.05) is 30.3 Å². The number of carbonyl (C=O) groups excluding carboxylic acids is 1. The molecule has 1 fully saturated rings. The maximum Gasteiger partial charge on any atom is 0.223 e. The van der Waals surface area contributed by atoms with Crippen LogP contribution in [0.15, 0.2) is 30.3 Å². The number of hydrogen-bond acceptors (Lipinski definition) is 1. The summed E-state index contributed by atoms with van der Waals surface area (Å²) in [7, 11) is 0. The van der Waals surface area contributed by atoms with E-state index in [1.54, 1.807) is 0 Å². The molecule has 0 aliphatic carbocycles. The number of amides is 1. The Balaban J connectivity index is 1.91. The number of piperidine rings is 1. The van der Waals surface area contributed by atoms with Crippen molar-refractivity contribution in [3.05, 3.63) is 35.9 Å². The lowest BCUT2D eigenvalue weighted by atomic mass is 9.96. The summed E-state index contributed by atoms with van der Waals surface area (Å²) in [5.74, 6) is 0.318. The minimum atomic E-state index is 0.318. The molecule has 18 heavy (non-hydrogen) atoms.